The van der Waals surface area contributed by atoms with Crippen molar-refractivity contribution in [3.05, 3.63) is 71.3 Å². The fourth-order valence-corrected chi connectivity index (χ4v) is 3.87. The van der Waals surface area contributed by atoms with Crippen LogP contribution in [0, 0.1) is 0 Å². The lowest BCUT2D eigenvalue weighted by molar-refractivity contribution is -0.114. The number of furan rings is 1. The molecule has 1 aliphatic rings. The highest BCUT2D eigenvalue weighted by Gasteiger charge is 2.34. The zero-order valence-corrected chi connectivity index (χ0v) is 15.3. The van der Waals surface area contributed by atoms with Crippen molar-refractivity contribution in [1.29, 1.82) is 0 Å². The largest absolute Gasteiger partial charge is 0.467 e. The molecule has 26 heavy (non-hydrogen) atoms. The van der Waals surface area contributed by atoms with Crippen molar-refractivity contribution >= 4 is 23.5 Å². The monoisotopic (exact) mass is 366 g/mol. The van der Waals surface area contributed by atoms with Gasteiger partial charge in [-0.05, 0) is 31.5 Å². The van der Waals surface area contributed by atoms with Crippen LogP contribution in [0.25, 0.3) is 0 Å². The van der Waals surface area contributed by atoms with Crippen LogP contribution in [0.4, 0.5) is 5.95 Å². The number of Topliss-reactive ketones (excluding diaryl/α,β-unsaturated/α-hetero) is 1. The lowest BCUT2D eigenvalue weighted by Gasteiger charge is -2.26. The lowest BCUT2D eigenvalue weighted by atomic mass is 9.98. The third-order valence-corrected chi connectivity index (χ3v) is 5.14. The molecule has 1 atom stereocenters. The van der Waals surface area contributed by atoms with E-state index in [2.05, 4.69) is 27.5 Å². The molecule has 1 N–H and O–H groups in total. The van der Waals surface area contributed by atoms with Crippen molar-refractivity contribution in [2.45, 2.75) is 30.8 Å². The van der Waals surface area contributed by atoms with E-state index < -0.39 is 6.04 Å². The number of carbonyl (C=O) groups is 1. The molecule has 3 aromatic rings. The van der Waals surface area contributed by atoms with Gasteiger partial charge in [-0.15, -0.1) is 5.10 Å². The molecule has 1 aromatic carbocycles. The van der Waals surface area contributed by atoms with Crippen LogP contribution in [0.3, 0.4) is 0 Å². The van der Waals surface area contributed by atoms with Gasteiger partial charge in [0.2, 0.25) is 11.1 Å². The number of ketones is 1. The summed E-state index contributed by atoms with van der Waals surface area (Å²) in [6, 6.07) is 13.4. The van der Waals surface area contributed by atoms with Crippen molar-refractivity contribution in [2.75, 3.05) is 5.32 Å². The number of allylic oxidation sites excluding steroid dienone is 2. The second-order valence-electron chi connectivity index (χ2n) is 6.07. The van der Waals surface area contributed by atoms with Crippen molar-refractivity contribution < 1.29 is 9.21 Å². The Kier molecular flexibility index (Phi) is 4.38. The second kappa shape index (κ2) is 6.84. The number of fused-ring (bicyclic) bond motifs is 1. The first kappa shape index (κ1) is 16.7. The Hall–Kier alpha value is -2.80. The van der Waals surface area contributed by atoms with Gasteiger partial charge < -0.3 is 9.73 Å². The molecule has 0 bridgehead atoms. The average Bonchev–Trinajstić information content (AvgIpc) is 3.29. The van der Waals surface area contributed by atoms with Crippen LogP contribution in [0.5, 0.6) is 0 Å². The maximum atomic E-state index is 12.2. The normalized spacial score (nSPS) is 16.3. The third kappa shape index (κ3) is 3.06. The van der Waals surface area contributed by atoms with Crippen LogP contribution in [-0.2, 0) is 10.5 Å². The zero-order valence-electron chi connectivity index (χ0n) is 14.5. The number of carbonyl (C=O) groups excluding carboxylic acids is 1. The van der Waals surface area contributed by atoms with E-state index in [9.17, 15) is 4.79 Å². The van der Waals surface area contributed by atoms with E-state index in [1.165, 1.54) is 5.56 Å². The van der Waals surface area contributed by atoms with E-state index in [4.69, 9.17) is 4.42 Å². The lowest BCUT2D eigenvalue weighted by Crippen LogP contribution is -2.27. The smallest absolute Gasteiger partial charge is 0.227 e. The number of aromatic nitrogens is 3. The van der Waals surface area contributed by atoms with E-state index in [-0.39, 0.29) is 5.78 Å². The highest BCUT2D eigenvalue weighted by molar-refractivity contribution is 7.98. The summed E-state index contributed by atoms with van der Waals surface area (Å²) in [7, 11) is 0. The van der Waals surface area contributed by atoms with Crippen LogP contribution < -0.4 is 5.32 Å². The van der Waals surface area contributed by atoms with E-state index in [1.54, 1.807) is 29.6 Å². The molecular weight excluding hydrogens is 348 g/mol. The Balaban J connectivity index is 1.67. The fraction of sp³-hybridized carbons (Fsp3) is 0.211. The molecule has 6 nitrogen and oxygen atoms in total. The Bertz CT molecular complexity index is 961. The quantitative estimate of drug-likeness (QED) is 0.687. The van der Waals surface area contributed by atoms with Gasteiger partial charge in [-0.25, -0.2) is 4.68 Å². The predicted molar refractivity (Wildman–Crippen MR) is 99.9 cm³/mol. The molecule has 0 saturated heterocycles. The van der Waals surface area contributed by atoms with Crippen molar-refractivity contribution in [1.82, 2.24) is 14.8 Å². The summed E-state index contributed by atoms with van der Waals surface area (Å²) in [5.41, 5.74) is 2.62. The second-order valence-corrected chi connectivity index (χ2v) is 7.02. The molecular formula is C19H18N4O2S. The molecule has 1 aliphatic heterocycles. The van der Waals surface area contributed by atoms with Crippen LogP contribution in [0.2, 0.25) is 0 Å². The number of hydrogen-bond donors (Lipinski definition) is 1. The maximum absolute atomic E-state index is 12.2. The van der Waals surface area contributed by atoms with E-state index in [0.29, 0.717) is 22.4 Å². The molecule has 7 heteroatoms. The van der Waals surface area contributed by atoms with E-state index >= 15 is 0 Å². The fourth-order valence-electron chi connectivity index (χ4n) is 3.08. The molecule has 3 heterocycles. The molecule has 0 fully saturated rings. The van der Waals surface area contributed by atoms with Gasteiger partial charge in [-0.1, -0.05) is 42.1 Å². The SMILES string of the molecule is CC(=O)C1=C(C)Nc2nc(SCc3ccccc3)nn2C1c1ccco1. The highest BCUT2D eigenvalue weighted by Crippen LogP contribution is 2.36. The summed E-state index contributed by atoms with van der Waals surface area (Å²) < 4.78 is 7.32. The number of anilines is 1. The predicted octanol–water partition coefficient (Wildman–Crippen LogP) is 4.04. The van der Waals surface area contributed by atoms with Crippen LogP contribution in [-0.4, -0.2) is 20.5 Å². The van der Waals surface area contributed by atoms with Gasteiger partial charge in [-0.2, -0.15) is 4.98 Å². The molecule has 0 radical (unpaired) electrons. The first-order valence-corrected chi connectivity index (χ1v) is 9.27. The summed E-state index contributed by atoms with van der Waals surface area (Å²) in [6.07, 6.45) is 1.60. The van der Waals surface area contributed by atoms with Crippen molar-refractivity contribution in [2.24, 2.45) is 0 Å². The average molecular weight is 366 g/mol. The first-order chi connectivity index (χ1) is 12.6. The summed E-state index contributed by atoms with van der Waals surface area (Å²) in [6.45, 7) is 3.44. The molecule has 0 spiro atoms. The topological polar surface area (TPSA) is 73.0 Å². The number of nitrogens with zero attached hydrogens (tertiary/aromatic N) is 3. The third-order valence-electron chi connectivity index (χ3n) is 4.24. The number of rotatable bonds is 5. The van der Waals surface area contributed by atoms with Gasteiger partial charge in [-0.3, -0.25) is 4.79 Å². The van der Waals surface area contributed by atoms with Gasteiger partial charge in [0.05, 0.1) is 6.26 Å². The van der Waals surface area contributed by atoms with Gasteiger partial charge in [0.25, 0.3) is 0 Å². The number of hydrogen-bond acceptors (Lipinski definition) is 6. The molecule has 2 aromatic heterocycles. The molecule has 132 valence electrons. The zero-order chi connectivity index (χ0) is 18.1. The first-order valence-electron chi connectivity index (χ1n) is 8.29. The molecule has 4 rings (SSSR count). The van der Waals surface area contributed by atoms with Gasteiger partial charge in [0.1, 0.15) is 11.8 Å². The number of thioether (sulfide) groups is 1. The Morgan fingerprint density at radius 3 is 2.77 bits per heavy atom. The minimum Gasteiger partial charge on any atom is -0.467 e. The minimum absolute atomic E-state index is 0.0176. The summed E-state index contributed by atoms with van der Waals surface area (Å²) in [4.78, 5) is 16.8. The summed E-state index contributed by atoms with van der Waals surface area (Å²) in [5, 5.41) is 8.48. The van der Waals surface area contributed by atoms with Crippen molar-refractivity contribution in [3.8, 4) is 0 Å². The Morgan fingerprint density at radius 2 is 2.08 bits per heavy atom. The molecule has 0 aliphatic carbocycles. The molecule has 0 amide bonds. The molecule has 0 saturated carbocycles. The van der Waals surface area contributed by atoms with Gasteiger partial charge in [0.15, 0.2) is 5.78 Å². The van der Waals surface area contributed by atoms with Gasteiger partial charge >= 0.3 is 0 Å². The summed E-state index contributed by atoms with van der Waals surface area (Å²) in [5.74, 6) is 2.05. The Morgan fingerprint density at radius 1 is 1.27 bits per heavy atom. The van der Waals surface area contributed by atoms with Crippen LogP contribution in [0.15, 0.2) is 69.6 Å². The standard InChI is InChI=1S/C19H18N4O2S/c1-12-16(13(2)24)17(15-9-6-10-25-15)23-18(20-12)21-19(22-23)26-11-14-7-4-3-5-8-14/h3-10,17H,11H2,1-2H3,(H,20,21,22). The Labute approximate surface area is 155 Å². The van der Waals surface area contributed by atoms with Crippen LogP contribution >= 0.6 is 11.8 Å². The van der Waals surface area contributed by atoms with Crippen LogP contribution in [0.1, 0.15) is 31.2 Å². The number of nitrogens with one attached hydrogen (secondary N) is 1. The van der Waals surface area contributed by atoms with Crippen molar-refractivity contribution in [3.63, 3.8) is 0 Å². The molecule has 1 unspecified atom stereocenters. The highest BCUT2D eigenvalue weighted by atomic mass is 32.2. The number of benzene rings is 1. The van der Waals surface area contributed by atoms with E-state index in [1.807, 2.05) is 37.3 Å². The summed E-state index contributed by atoms with van der Waals surface area (Å²) >= 11 is 1.56. The van der Waals surface area contributed by atoms with Gasteiger partial charge in [0, 0.05) is 17.0 Å². The minimum atomic E-state index is -0.405. The van der Waals surface area contributed by atoms with E-state index in [0.717, 1.165) is 11.4 Å². The maximum Gasteiger partial charge on any atom is 0.227 e.